The van der Waals surface area contributed by atoms with Crippen LogP contribution in [0.15, 0.2) is 30.3 Å². The molecule has 1 aliphatic heterocycles. The van der Waals surface area contributed by atoms with E-state index in [1.54, 1.807) is 7.11 Å². The third-order valence-corrected chi connectivity index (χ3v) is 6.25. The highest BCUT2D eigenvalue weighted by Gasteiger charge is 2.85. The maximum absolute atomic E-state index is 11.6. The van der Waals surface area contributed by atoms with Gasteiger partial charge in [-0.05, 0) is 32.4 Å². The van der Waals surface area contributed by atoms with Gasteiger partial charge < -0.3 is 14.2 Å². The average molecular weight is 347 g/mol. The molecule has 3 rings (SSSR count). The monoisotopic (exact) mass is 347 g/mol. The first-order valence-electron chi connectivity index (χ1n) is 9.01. The number of esters is 1. The van der Waals surface area contributed by atoms with E-state index in [1.807, 2.05) is 18.2 Å². The van der Waals surface area contributed by atoms with Crippen LogP contribution in [-0.4, -0.2) is 56.0 Å². The van der Waals surface area contributed by atoms with Gasteiger partial charge in [0.05, 0.1) is 31.2 Å². The van der Waals surface area contributed by atoms with Crippen molar-refractivity contribution in [2.24, 2.45) is 5.41 Å². The van der Waals surface area contributed by atoms with Crippen LogP contribution in [-0.2, 0) is 25.5 Å². The molecule has 4 atom stereocenters. The average Bonchev–Trinajstić information content (AvgIpc) is 3.08. The van der Waals surface area contributed by atoms with Gasteiger partial charge in [0.2, 0.25) is 0 Å². The third-order valence-electron chi connectivity index (χ3n) is 6.25. The predicted octanol–water partition coefficient (Wildman–Crippen LogP) is 2.63. The van der Waals surface area contributed by atoms with Crippen LogP contribution >= 0.6 is 0 Å². The van der Waals surface area contributed by atoms with Gasteiger partial charge in [-0.15, -0.1) is 0 Å². The van der Waals surface area contributed by atoms with E-state index in [-0.39, 0.29) is 29.2 Å². The van der Waals surface area contributed by atoms with Crippen LogP contribution < -0.4 is 0 Å². The number of ether oxygens (including phenoxy) is 3. The lowest BCUT2D eigenvalue weighted by Gasteiger charge is -2.35. The lowest BCUT2D eigenvalue weighted by atomic mass is 9.88. The van der Waals surface area contributed by atoms with E-state index < -0.39 is 0 Å². The Morgan fingerprint density at radius 3 is 2.52 bits per heavy atom. The molecule has 2 fully saturated rings. The molecule has 1 saturated carbocycles. The summed E-state index contributed by atoms with van der Waals surface area (Å²) >= 11 is 0. The minimum absolute atomic E-state index is 0.113. The number of methoxy groups -OCH3 is 2. The fourth-order valence-electron chi connectivity index (χ4n) is 4.46. The normalized spacial score (nSPS) is 32.8. The highest BCUT2D eigenvalue weighted by atomic mass is 16.6. The summed E-state index contributed by atoms with van der Waals surface area (Å²) in [6.45, 7) is 6.72. The summed E-state index contributed by atoms with van der Waals surface area (Å²) in [5, 5.41) is 0. The fraction of sp³-hybridized carbons (Fsp3) is 0.650. The highest BCUT2D eigenvalue weighted by molar-refractivity contribution is 5.69. The summed E-state index contributed by atoms with van der Waals surface area (Å²) in [6, 6.07) is 10.4. The van der Waals surface area contributed by atoms with Gasteiger partial charge in [0, 0.05) is 20.2 Å². The van der Waals surface area contributed by atoms with Crippen molar-refractivity contribution in [2.75, 3.05) is 27.3 Å². The van der Waals surface area contributed by atoms with Crippen LogP contribution in [0.2, 0.25) is 0 Å². The maximum atomic E-state index is 11.6. The first-order valence-corrected chi connectivity index (χ1v) is 9.01. The van der Waals surface area contributed by atoms with Crippen molar-refractivity contribution in [3.63, 3.8) is 0 Å². The maximum Gasteiger partial charge on any atom is 0.306 e. The lowest BCUT2D eigenvalue weighted by molar-refractivity contribution is -0.141. The lowest BCUT2D eigenvalue weighted by Crippen LogP contribution is -2.41. The molecule has 1 saturated heterocycles. The van der Waals surface area contributed by atoms with Gasteiger partial charge >= 0.3 is 5.97 Å². The molecule has 0 amide bonds. The number of benzene rings is 1. The minimum atomic E-state index is -0.173. The molecule has 2 unspecified atom stereocenters. The largest absolute Gasteiger partial charge is 0.469 e. The molecular formula is C20H29NO4. The summed E-state index contributed by atoms with van der Waals surface area (Å²) in [7, 11) is 3.21. The molecule has 0 radical (unpaired) electrons. The van der Waals surface area contributed by atoms with Crippen LogP contribution in [0.25, 0.3) is 0 Å². The van der Waals surface area contributed by atoms with Crippen molar-refractivity contribution in [2.45, 2.75) is 51.0 Å². The Balaban J connectivity index is 1.62. The SMILES string of the molecule is COC(=O)CCN(CC[C@@]12C(C)O[C@H]1C2(C)OC)Cc1ccccc1. The molecule has 0 N–H and O–H groups in total. The standard InChI is InChI=1S/C20H29NO4/c1-15-20(18(25-15)19(20,2)24-4)11-13-21(12-10-17(22)23-3)14-16-8-6-5-7-9-16/h5-9,15,18H,10-14H2,1-4H3/t15?,18-,19?,20+/m0/s1. The van der Waals surface area contributed by atoms with E-state index in [0.717, 1.165) is 19.5 Å². The fourth-order valence-corrected chi connectivity index (χ4v) is 4.46. The van der Waals surface area contributed by atoms with Gasteiger partial charge in [0.15, 0.2) is 0 Å². The van der Waals surface area contributed by atoms with Gasteiger partial charge in [-0.3, -0.25) is 9.69 Å². The van der Waals surface area contributed by atoms with E-state index in [1.165, 1.54) is 12.7 Å². The van der Waals surface area contributed by atoms with Gasteiger partial charge in [0.1, 0.15) is 5.60 Å². The zero-order valence-electron chi connectivity index (χ0n) is 15.7. The molecule has 0 bridgehead atoms. The second-order valence-electron chi connectivity index (χ2n) is 7.35. The number of rotatable bonds is 9. The zero-order chi connectivity index (χ0) is 18.1. The van der Waals surface area contributed by atoms with Crippen LogP contribution in [0.3, 0.4) is 0 Å². The molecule has 1 heterocycles. The summed E-state index contributed by atoms with van der Waals surface area (Å²) in [5.41, 5.74) is 1.19. The second-order valence-corrected chi connectivity index (χ2v) is 7.35. The third kappa shape index (κ3) is 3.09. The molecule has 0 spiro atoms. The summed E-state index contributed by atoms with van der Waals surface area (Å²) in [5.74, 6) is -0.164. The molecule has 138 valence electrons. The number of carbonyl (C=O) groups excluding carboxylic acids is 1. The molecule has 0 aromatic heterocycles. The Kier molecular flexibility index (Phi) is 5.19. The van der Waals surface area contributed by atoms with Gasteiger partial charge in [-0.25, -0.2) is 0 Å². The molecule has 5 nitrogen and oxygen atoms in total. The number of nitrogens with zero attached hydrogens (tertiary/aromatic N) is 1. The Bertz CT molecular complexity index is 607. The van der Waals surface area contributed by atoms with Gasteiger partial charge in [-0.2, -0.15) is 0 Å². The summed E-state index contributed by atoms with van der Waals surface area (Å²) < 4.78 is 16.4. The number of hydrogen-bond donors (Lipinski definition) is 0. The van der Waals surface area contributed by atoms with E-state index >= 15 is 0 Å². The van der Waals surface area contributed by atoms with Gasteiger partial charge in [0.25, 0.3) is 0 Å². The van der Waals surface area contributed by atoms with Crippen molar-refractivity contribution in [1.82, 2.24) is 4.90 Å². The Hall–Kier alpha value is -1.43. The molecular weight excluding hydrogens is 318 g/mol. The first kappa shape index (κ1) is 18.4. The van der Waals surface area contributed by atoms with Crippen LogP contribution in [0.5, 0.6) is 0 Å². The Morgan fingerprint density at radius 1 is 1.24 bits per heavy atom. The number of hydrogen-bond acceptors (Lipinski definition) is 5. The van der Waals surface area contributed by atoms with E-state index in [0.29, 0.717) is 13.0 Å². The second kappa shape index (κ2) is 7.06. The molecule has 1 aliphatic carbocycles. The minimum Gasteiger partial charge on any atom is -0.469 e. The quantitative estimate of drug-likeness (QED) is 0.643. The summed E-state index contributed by atoms with van der Waals surface area (Å²) in [6.07, 6.45) is 1.85. The van der Waals surface area contributed by atoms with Crippen LogP contribution in [0.1, 0.15) is 32.3 Å². The van der Waals surface area contributed by atoms with E-state index in [9.17, 15) is 4.79 Å². The van der Waals surface area contributed by atoms with E-state index in [4.69, 9.17) is 14.2 Å². The molecule has 2 aliphatic rings. The zero-order valence-corrected chi connectivity index (χ0v) is 15.7. The smallest absolute Gasteiger partial charge is 0.306 e. The molecule has 1 aromatic rings. The number of carbonyl (C=O) groups is 1. The molecule has 25 heavy (non-hydrogen) atoms. The first-order chi connectivity index (χ1) is 12.0. The topological polar surface area (TPSA) is 48.0 Å². The predicted molar refractivity (Wildman–Crippen MR) is 95.2 cm³/mol. The Morgan fingerprint density at radius 2 is 1.96 bits per heavy atom. The van der Waals surface area contributed by atoms with Crippen LogP contribution in [0.4, 0.5) is 0 Å². The van der Waals surface area contributed by atoms with Crippen molar-refractivity contribution >= 4 is 5.97 Å². The summed E-state index contributed by atoms with van der Waals surface area (Å²) in [4.78, 5) is 13.9. The number of fused-ring (bicyclic) bond motifs is 1. The molecule has 1 aromatic carbocycles. The van der Waals surface area contributed by atoms with Gasteiger partial charge in [-0.1, -0.05) is 30.3 Å². The Labute approximate surface area is 150 Å². The van der Waals surface area contributed by atoms with Crippen molar-refractivity contribution in [3.8, 4) is 0 Å². The van der Waals surface area contributed by atoms with Crippen molar-refractivity contribution < 1.29 is 19.0 Å². The molecule has 5 heteroatoms. The van der Waals surface area contributed by atoms with Crippen molar-refractivity contribution in [1.29, 1.82) is 0 Å². The van der Waals surface area contributed by atoms with Crippen LogP contribution in [0, 0.1) is 5.41 Å². The van der Waals surface area contributed by atoms with E-state index in [2.05, 4.69) is 30.9 Å². The highest BCUT2D eigenvalue weighted by Crippen LogP contribution is 2.72. The van der Waals surface area contributed by atoms with Crippen molar-refractivity contribution in [3.05, 3.63) is 35.9 Å².